The van der Waals surface area contributed by atoms with Crippen molar-refractivity contribution >= 4 is 39.1 Å². The normalized spacial score (nSPS) is 17.8. The Hall–Kier alpha value is -2.10. The Balaban J connectivity index is 1.83. The van der Waals surface area contributed by atoms with E-state index in [9.17, 15) is 13.8 Å². The number of rotatable bonds is 5. The van der Waals surface area contributed by atoms with Crippen LogP contribution in [0.2, 0.25) is 0 Å². The molecule has 150 valence electrons. The zero-order chi connectivity index (χ0) is 20.3. The van der Waals surface area contributed by atoms with E-state index in [-0.39, 0.29) is 23.2 Å². The molecule has 0 radical (unpaired) electrons. The fourth-order valence-corrected chi connectivity index (χ4v) is 4.64. The molecule has 3 rings (SSSR count). The van der Waals surface area contributed by atoms with Gasteiger partial charge in [0.1, 0.15) is 10.8 Å². The van der Waals surface area contributed by atoms with Crippen molar-refractivity contribution in [2.24, 2.45) is 5.92 Å². The number of thiazole rings is 1. The van der Waals surface area contributed by atoms with Gasteiger partial charge in [0.15, 0.2) is 5.13 Å². The molecular weight excluding hydrogens is 398 g/mol. The van der Waals surface area contributed by atoms with E-state index in [1.54, 1.807) is 11.4 Å². The summed E-state index contributed by atoms with van der Waals surface area (Å²) in [6.07, 6.45) is 3.22. The van der Waals surface area contributed by atoms with Crippen molar-refractivity contribution in [1.82, 2.24) is 10.3 Å². The highest BCUT2D eigenvalue weighted by Crippen LogP contribution is 2.28. The van der Waals surface area contributed by atoms with Gasteiger partial charge in [0, 0.05) is 18.2 Å². The van der Waals surface area contributed by atoms with E-state index in [0.29, 0.717) is 16.7 Å². The standard InChI is InChI=1S/C19H23N3O4S2/c1-11-7-12(2)16(26-18(24)13-5-4-6-20-9-13)14(8-11)17(23)22-19-21-15(10-27-19)28(3)25/h7-8,10,13,20H,4-6,9H2,1-3H3,(H,21,22,23). The highest BCUT2D eigenvalue weighted by atomic mass is 32.2. The number of hydrogen-bond acceptors (Lipinski definition) is 7. The molecule has 28 heavy (non-hydrogen) atoms. The average molecular weight is 422 g/mol. The molecule has 9 heteroatoms. The fraction of sp³-hybridized carbons (Fsp3) is 0.421. The summed E-state index contributed by atoms with van der Waals surface area (Å²) < 4.78 is 17.2. The molecule has 2 unspecified atom stereocenters. The zero-order valence-electron chi connectivity index (χ0n) is 16.0. The topological polar surface area (TPSA) is 97.4 Å². The monoisotopic (exact) mass is 421 g/mol. The van der Waals surface area contributed by atoms with Crippen LogP contribution in [0.15, 0.2) is 22.5 Å². The van der Waals surface area contributed by atoms with Crippen LogP contribution in [0, 0.1) is 19.8 Å². The Morgan fingerprint density at radius 1 is 1.36 bits per heavy atom. The van der Waals surface area contributed by atoms with Crippen molar-refractivity contribution in [2.45, 2.75) is 31.7 Å². The molecule has 2 heterocycles. The first-order valence-corrected chi connectivity index (χ1v) is 11.4. The molecule has 1 saturated heterocycles. The molecule has 0 bridgehead atoms. The Bertz CT molecular complexity index is 920. The number of amides is 1. The summed E-state index contributed by atoms with van der Waals surface area (Å²) in [5, 5.41) is 8.31. The summed E-state index contributed by atoms with van der Waals surface area (Å²) in [4.78, 5) is 29.6. The number of esters is 1. The number of carbonyl (C=O) groups is 2. The number of carbonyl (C=O) groups excluding carboxylic acids is 2. The molecule has 1 aromatic carbocycles. The van der Waals surface area contributed by atoms with Crippen molar-refractivity contribution in [3.05, 3.63) is 34.2 Å². The van der Waals surface area contributed by atoms with Crippen LogP contribution in [0.25, 0.3) is 0 Å². The van der Waals surface area contributed by atoms with Gasteiger partial charge in [0.25, 0.3) is 5.91 Å². The Labute approximate surface area is 170 Å². The predicted octanol–water partition coefficient (Wildman–Crippen LogP) is 2.65. The Kier molecular flexibility index (Phi) is 6.58. The Morgan fingerprint density at radius 3 is 2.79 bits per heavy atom. The van der Waals surface area contributed by atoms with Gasteiger partial charge in [0.05, 0.1) is 22.3 Å². The van der Waals surface area contributed by atoms with Gasteiger partial charge >= 0.3 is 5.97 Å². The minimum Gasteiger partial charge on any atom is -0.425 e. The van der Waals surface area contributed by atoms with Gasteiger partial charge in [-0.05, 0) is 50.4 Å². The number of aryl methyl sites for hydroxylation is 2. The number of piperidine rings is 1. The third-order valence-electron chi connectivity index (χ3n) is 4.49. The van der Waals surface area contributed by atoms with Crippen LogP contribution in [0.1, 0.15) is 34.3 Å². The molecule has 0 saturated carbocycles. The maximum Gasteiger partial charge on any atom is 0.315 e. The van der Waals surface area contributed by atoms with E-state index < -0.39 is 16.7 Å². The summed E-state index contributed by atoms with van der Waals surface area (Å²) >= 11 is 1.20. The molecule has 1 aromatic heterocycles. The van der Waals surface area contributed by atoms with Gasteiger partial charge in [-0.1, -0.05) is 6.07 Å². The fourth-order valence-electron chi connectivity index (χ4n) is 3.11. The van der Waals surface area contributed by atoms with Crippen LogP contribution in [0.3, 0.4) is 0 Å². The summed E-state index contributed by atoms with van der Waals surface area (Å²) in [6, 6.07) is 3.57. The number of ether oxygens (including phenoxy) is 1. The van der Waals surface area contributed by atoms with Crippen LogP contribution in [0.5, 0.6) is 5.75 Å². The first-order chi connectivity index (χ1) is 13.3. The zero-order valence-corrected chi connectivity index (χ0v) is 17.7. The number of anilines is 1. The minimum absolute atomic E-state index is 0.216. The van der Waals surface area contributed by atoms with Crippen LogP contribution < -0.4 is 15.4 Å². The molecule has 2 aromatic rings. The first kappa shape index (κ1) is 20.6. The molecular formula is C19H23N3O4S2. The van der Waals surface area contributed by atoms with Gasteiger partial charge in [-0.15, -0.1) is 11.3 Å². The van der Waals surface area contributed by atoms with Crippen molar-refractivity contribution in [1.29, 1.82) is 0 Å². The lowest BCUT2D eigenvalue weighted by Crippen LogP contribution is -2.36. The molecule has 0 spiro atoms. The molecule has 1 fully saturated rings. The highest BCUT2D eigenvalue weighted by Gasteiger charge is 2.26. The largest absolute Gasteiger partial charge is 0.425 e. The third kappa shape index (κ3) is 4.84. The van der Waals surface area contributed by atoms with Crippen molar-refractivity contribution in [3.63, 3.8) is 0 Å². The van der Waals surface area contributed by atoms with E-state index in [2.05, 4.69) is 15.6 Å². The molecule has 2 N–H and O–H groups in total. The van der Waals surface area contributed by atoms with Gasteiger partial charge in [0.2, 0.25) is 0 Å². The van der Waals surface area contributed by atoms with Gasteiger partial charge in [-0.2, -0.15) is 0 Å². The van der Waals surface area contributed by atoms with Crippen molar-refractivity contribution in [3.8, 4) is 5.75 Å². The summed E-state index contributed by atoms with van der Waals surface area (Å²) in [7, 11) is -1.22. The van der Waals surface area contributed by atoms with Crippen LogP contribution in [0.4, 0.5) is 5.13 Å². The average Bonchev–Trinajstić information content (AvgIpc) is 3.13. The molecule has 1 aliphatic rings. The van der Waals surface area contributed by atoms with Crippen LogP contribution in [-0.4, -0.2) is 40.4 Å². The lowest BCUT2D eigenvalue weighted by atomic mass is 9.99. The Morgan fingerprint density at radius 2 is 2.14 bits per heavy atom. The lowest BCUT2D eigenvalue weighted by molar-refractivity contribution is -0.139. The molecule has 1 amide bonds. The van der Waals surface area contributed by atoms with E-state index in [1.807, 2.05) is 19.9 Å². The first-order valence-electron chi connectivity index (χ1n) is 8.99. The van der Waals surface area contributed by atoms with Crippen LogP contribution >= 0.6 is 11.3 Å². The molecule has 1 aliphatic heterocycles. The smallest absolute Gasteiger partial charge is 0.315 e. The number of nitrogens with zero attached hydrogens (tertiary/aromatic N) is 1. The summed E-state index contributed by atoms with van der Waals surface area (Å²) in [6.45, 7) is 5.18. The number of hydrogen-bond donors (Lipinski definition) is 2. The lowest BCUT2D eigenvalue weighted by Gasteiger charge is -2.22. The summed E-state index contributed by atoms with van der Waals surface area (Å²) in [5.74, 6) is -0.689. The maximum absolute atomic E-state index is 12.9. The maximum atomic E-state index is 12.9. The van der Waals surface area contributed by atoms with E-state index in [0.717, 1.165) is 30.5 Å². The van der Waals surface area contributed by atoms with Gasteiger partial charge in [-0.3, -0.25) is 19.1 Å². The molecule has 7 nitrogen and oxygen atoms in total. The number of nitrogens with one attached hydrogen (secondary N) is 2. The highest BCUT2D eigenvalue weighted by molar-refractivity contribution is 7.84. The van der Waals surface area contributed by atoms with Crippen molar-refractivity contribution in [2.75, 3.05) is 24.7 Å². The van der Waals surface area contributed by atoms with E-state index >= 15 is 0 Å². The third-order valence-corrected chi connectivity index (χ3v) is 6.20. The second kappa shape index (κ2) is 8.93. The van der Waals surface area contributed by atoms with E-state index in [1.165, 1.54) is 17.6 Å². The minimum atomic E-state index is -1.22. The van der Waals surface area contributed by atoms with Gasteiger partial charge in [-0.25, -0.2) is 4.98 Å². The second-order valence-corrected chi connectivity index (χ2v) is 9.01. The number of aromatic nitrogens is 1. The second-order valence-electron chi connectivity index (χ2n) is 6.82. The predicted molar refractivity (Wildman–Crippen MR) is 110 cm³/mol. The van der Waals surface area contributed by atoms with Crippen LogP contribution in [-0.2, 0) is 15.6 Å². The van der Waals surface area contributed by atoms with E-state index in [4.69, 9.17) is 4.74 Å². The SMILES string of the molecule is Cc1cc(C)c(OC(=O)C2CCCNC2)c(C(=O)Nc2nc(S(C)=O)cs2)c1. The number of benzene rings is 1. The molecule has 2 atom stereocenters. The van der Waals surface area contributed by atoms with Gasteiger partial charge < -0.3 is 10.1 Å². The van der Waals surface area contributed by atoms with Crippen molar-refractivity contribution < 1.29 is 18.5 Å². The quantitative estimate of drug-likeness (QED) is 0.569. The molecule has 0 aliphatic carbocycles. The summed E-state index contributed by atoms with van der Waals surface area (Å²) in [5.41, 5.74) is 1.89.